The average Bonchev–Trinajstić information content (AvgIpc) is 2.52. The highest BCUT2D eigenvalue weighted by Crippen LogP contribution is 2.27. The molecular weight excluding hydrogens is 276 g/mol. The van der Waals surface area contributed by atoms with Crippen molar-refractivity contribution in [2.75, 3.05) is 13.2 Å². The summed E-state index contributed by atoms with van der Waals surface area (Å²) in [6, 6.07) is 0. The Balaban J connectivity index is 1.69. The summed E-state index contributed by atoms with van der Waals surface area (Å²) in [5.74, 6) is 0.775. The fraction of sp³-hybridized carbons (Fsp3) is 1.00. The van der Waals surface area contributed by atoms with E-state index in [1.54, 1.807) is 0 Å². The van der Waals surface area contributed by atoms with Crippen molar-refractivity contribution in [2.24, 2.45) is 5.92 Å². The normalized spacial score (nSPS) is 38.6. The number of hydrogen-bond donors (Lipinski definition) is 4. The molecule has 1 aliphatic heterocycles. The van der Waals surface area contributed by atoms with Crippen molar-refractivity contribution in [3.05, 3.63) is 0 Å². The molecule has 2 fully saturated rings. The Morgan fingerprint density at radius 2 is 1.67 bits per heavy atom. The molecule has 6 heteroatoms. The molecule has 21 heavy (non-hydrogen) atoms. The smallest absolute Gasteiger partial charge is 0.186 e. The molecule has 0 bridgehead atoms. The Morgan fingerprint density at radius 3 is 2.33 bits per heavy atom. The van der Waals surface area contributed by atoms with Gasteiger partial charge in [-0.15, -0.1) is 0 Å². The van der Waals surface area contributed by atoms with E-state index < -0.39 is 37.3 Å². The van der Waals surface area contributed by atoms with Gasteiger partial charge in [-0.3, -0.25) is 0 Å². The van der Waals surface area contributed by atoms with Crippen LogP contribution in [0.4, 0.5) is 0 Å². The average molecular weight is 304 g/mol. The number of aliphatic hydroxyl groups is 4. The molecule has 2 rings (SSSR count). The molecule has 124 valence electrons. The third-order valence-electron chi connectivity index (χ3n) is 4.61. The van der Waals surface area contributed by atoms with Gasteiger partial charge in [0.05, 0.1) is 6.61 Å². The van der Waals surface area contributed by atoms with Gasteiger partial charge in [0.2, 0.25) is 0 Å². The van der Waals surface area contributed by atoms with Crippen molar-refractivity contribution >= 4 is 0 Å². The van der Waals surface area contributed by atoms with Crippen molar-refractivity contribution in [2.45, 2.75) is 75.7 Å². The van der Waals surface area contributed by atoms with Gasteiger partial charge in [-0.05, 0) is 18.8 Å². The molecule has 0 spiro atoms. The van der Waals surface area contributed by atoms with Gasteiger partial charge >= 0.3 is 0 Å². The molecule has 0 radical (unpaired) electrons. The van der Waals surface area contributed by atoms with E-state index in [1.165, 1.54) is 32.1 Å². The SMILES string of the molecule is OC[C@H]1O[C@H](OCCCC2CCCCC2)[C@H](O)[C@@H](O)[C@@H]1O. The second-order valence-electron chi connectivity index (χ2n) is 6.21. The van der Waals surface area contributed by atoms with Crippen LogP contribution in [0.5, 0.6) is 0 Å². The molecule has 1 saturated heterocycles. The van der Waals surface area contributed by atoms with Crippen LogP contribution < -0.4 is 0 Å². The monoisotopic (exact) mass is 304 g/mol. The van der Waals surface area contributed by atoms with Crippen molar-refractivity contribution < 1.29 is 29.9 Å². The van der Waals surface area contributed by atoms with Crippen molar-refractivity contribution in [1.29, 1.82) is 0 Å². The van der Waals surface area contributed by atoms with Crippen LogP contribution in [-0.4, -0.2) is 64.3 Å². The maximum Gasteiger partial charge on any atom is 0.186 e. The van der Waals surface area contributed by atoms with Crippen LogP contribution in [0.25, 0.3) is 0 Å². The summed E-state index contributed by atoms with van der Waals surface area (Å²) in [4.78, 5) is 0. The summed E-state index contributed by atoms with van der Waals surface area (Å²) < 4.78 is 10.8. The second kappa shape index (κ2) is 8.41. The lowest BCUT2D eigenvalue weighted by Crippen LogP contribution is -2.59. The molecular formula is C15H28O6. The van der Waals surface area contributed by atoms with E-state index in [2.05, 4.69) is 0 Å². The van der Waals surface area contributed by atoms with E-state index in [0.717, 1.165) is 18.8 Å². The molecule has 2 aliphatic rings. The molecule has 1 aliphatic carbocycles. The predicted molar refractivity (Wildman–Crippen MR) is 75.5 cm³/mol. The molecule has 5 atom stereocenters. The molecule has 0 aromatic heterocycles. The maximum atomic E-state index is 9.83. The minimum absolute atomic E-state index is 0.424. The lowest BCUT2D eigenvalue weighted by Gasteiger charge is -2.39. The predicted octanol–water partition coefficient (Wildman–Crippen LogP) is 0.163. The van der Waals surface area contributed by atoms with Crippen molar-refractivity contribution in [3.63, 3.8) is 0 Å². The summed E-state index contributed by atoms with van der Waals surface area (Å²) >= 11 is 0. The standard InChI is InChI=1S/C15H28O6/c16-9-11-12(17)13(18)14(19)15(21-11)20-8-4-7-10-5-2-1-3-6-10/h10-19H,1-9H2/t11-,12-,13+,14-,15+/m1/s1. The highest BCUT2D eigenvalue weighted by molar-refractivity contribution is 4.88. The fourth-order valence-electron chi connectivity index (χ4n) is 3.25. The van der Waals surface area contributed by atoms with Gasteiger partial charge in [0.15, 0.2) is 6.29 Å². The van der Waals surface area contributed by atoms with Gasteiger partial charge in [0, 0.05) is 6.61 Å². The fourth-order valence-corrected chi connectivity index (χ4v) is 3.25. The number of hydrogen-bond acceptors (Lipinski definition) is 6. The Hall–Kier alpha value is -0.240. The molecule has 1 heterocycles. The van der Waals surface area contributed by atoms with Gasteiger partial charge in [0.25, 0.3) is 0 Å². The zero-order chi connectivity index (χ0) is 15.2. The molecule has 0 aromatic rings. The minimum Gasteiger partial charge on any atom is -0.394 e. The first-order valence-corrected chi connectivity index (χ1v) is 8.05. The maximum absolute atomic E-state index is 9.83. The Kier molecular flexibility index (Phi) is 6.85. The van der Waals surface area contributed by atoms with Gasteiger partial charge in [-0.1, -0.05) is 32.1 Å². The summed E-state index contributed by atoms with van der Waals surface area (Å²) in [6.45, 7) is 0.0199. The highest BCUT2D eigenvalue weighted by Gasteiger charge is 2.43. The molecule has 1 saturated carbocycles. The van der Waals surface area contributed by atoms with Crippen LogP contribution in [0, 0.1) is 5.92 Å². The second-order valence-corrected chi connectivity index (χ2v) is 6.21. The van der Waals surface area contributed by atoms with Crippen LogP contribution in [0.2, 0.25) is 0 Å². The quantitative estimate of drug-likeness (QED) is 0.522. The van der Waals surface area contributed by atoms with E-state index in [-0.39, 0.29) is 0 Å². The van der Waals surface area contributed by atoms with E-state index in [1.807, 2.05) is 0 Å². The zero-order valence-electron chi connectivity index (χ0n) is 12.4. The van der Waals surface area contributed by atoms with Crippen LogP contribution >= 0.6 is 0 Å². The van der Waals surface area contributed by atoms with Crippen LogP contribution in [0.3, 0.4) is 0 Å². The minimum atomic E-state index is -1.36. The zero-order valence-corrected chi connectivity index (χ0v) is 12.4. The van der Waals surface area contributed by atoms with Crippen molar-refractivity contribution in [1.82, 2.24) is 0 Å². The first-order valence-electron chi connectivity index (χ1n) is 8.05. The number of aliphatic hydroxyl groups excluding tert-OH is 4. The van der Waals surface area contributed by atoms with Gasteiger partial charge in [-0.2, -0.15) is 0 Å². The van der Waals surface area contributed by atoms with Crippen LogP contribution in [0.15, 0.2) is 0 Å². The summed E-state index contributed by atoms with van der Waals surface area (Å²) in [5.41, 5.74) is 0. The largest absolute Gasteiger partial charge is 0.394 e. The van der Waals surface area contributed by atoms with E-state index in [9.17, 15) is 15.3 Å². The molecule has 0 amide bonds. The number of rotatable bonds is 6. The molecule has 0 aromatic carbocycles. The third-order valence-corrected chi connectivity index (χ3v) is 4.61. The lowest BCUT2D eigenvalue weighted by atomic mass is 9.86. The Labute approximate surface area is 125 Å². The molecule has 4 N–H and O–H groups in total. The van der Waals surface area contributed by atoms with E-state index in [4.69, 9.17) is 14.6 Å². The Bertz CT molecular complexity index is 292. The van der Waals surface area contributed by atoms with Crippen LogP contribution in [0.1, 0.15) is 44.9 Å². The first-order chi connectivity index (χ1) is 10.1. The lowest BCUT2D eigenvalue weighted by molar-refractivity contribution is -0.301. The summed E-state index contributed by atoms with van der Waals surface area (Å²) in [5, 5.41) is 38.2. The van der Waals surface area contributed by atoms with Crippen molar-refractivity contribution in [3.8, 4) is 0 Å². The van der Waals surface area contributed by atoms with Crippen LogP contribution in [-0.2, 0) is 9.47 Å². The van der Waals surface area contributed by atoms with E-state index >= 15 is 0 Å². The third kappa shape index (κ3) is 4.61. The summed E-state index contributed by atoms with van der Waals surface area (Å²) in [7, 11) is 0. The summed E-state index contributed by atoms with van der Waals surface area (Å²) in [6.07, 6.45) is 2.69. The topological polar surface area (TPSA) is 99.4 Å². The molecule has 6 nitrogen and oxygen atoms in total. The van der Waals surface area contributed by atoms with Gasteiger partial charge in [-0.25, -0.2) is 0 Å². The van der Waals surface area contributed by atoms with E-state index in [0.29, 0.717) is 6.61 Å². The molecule has 0 unspecified atom stereocenters. The van der Waals surface area contributed by atoms with Gasteiger partial charge in [0.1, 0.15) is 24.4 Å². The Morgan fingerprint density at radius 1 is 0.952 bits per heavy atom. The van der Waals surface area contributed by atoms with Gasteiger partial charge < -0.3 is 29.9 Å². The number of ether oxygens (including phenoxy) is 2. The highest BCUT2D eigenvalue weighted by atomic mass is 16.7. The first kappa shape index (κ1) is 17.1.